The van der Waals surface area contributed by atoms with Gasteiger partial charge in [-0.1, -0.05) is 35.0 Å². The topological polar surface area (TPSA) is 58.3 Å². The SMILES string of the molecule is FC(F)(F)c1cccc(Cc2noc(CN3CCN(c4ccc(Cl)cn4)CC3)n2)c1. The van der Waals surface area contributed by atoms with Gasteiger partial charge in [-0.25, -0.2) is 4.98 Å². The zero-order valence-electron chi connectivity index (χ0n) is 15.9. The highest BCUT2D eigenvalue weighted by molar-refractivity contribution is 6.30. The lowest BCUT2D eigenvalue weighted by Crippen LogP contribution is -2.46. The molecule has 1 fully saturated rings. The molecule has 3 heterocycles. The summed E-state index contributed by atoms with van der Waals surface area (Å²) in [6, 6.07) is 8.88. The predicted molar refractivity (Wildman–Crippen MR) is 105 cm³/mol. The van der Waals surface area contributed by atoms with Crippen LogP contribution in [-0.2, 0) is 19.1 Å². The number of halogens is 4. The first kappa shape index (κ1) is 20.6. The third-order valence-corrected chi connectivity index (χ3v) is 5.12. The molecule has 0 unspecified atom stereocenters. The Morgan fingerprint density at radius 3 is 2.57 bits per heavy atom. The first-order valence-electron chi connectivity index (χ1n) is 9.43. The van der Waals surface area contributed by atoms with Crippen LogP contribution in [0.15, 0.2) is 47.1 Å². The molecule has 0 radical (unpaired) electrons. The first-order valence-corrected chi connectivity index (χ1v) is 9.81. The van der Waals surface area contributed by atoms with Gasteiger partial charge in [-0.15, -0.1) is 0 Å². The molecule has 0 amide bonds. The predicted octanol–water partition coefficient (Wildman–Crippen LogP) is 4.05. The zero-order chi connectivity index (χ0) is 21.1. The van der Waals surface area contributed by atoms with Gasteiger partial charge in [-0.3, -0.25) is 4.90 Å². The maximum absolute atomic E-state index is 12.9. The fourth-order valence-electron chi connectivity index (χ4n) is 3.35. The van der Waals surface area contributed by atoms with Gasteiger partial charge in [0.15, 0.2) is 5.82 Å². The maximum atomic E-state index is 12.9. The molecule has 158 valence electrons. The van der Waals surface area contributed by atoms with E-state index in [0.717, 1.165) is 44.1 Å². The standard InChI is InChI=1S/C20H19ClF3N5O/c21-16-4-5-18(25-12-16)29-8-6-28(7-9-29)13-19-26-17(27-30-19)11-14-2-1-3-15(10-14)20(22,23)24/h1-5,10,12H,6-9,11,13H2. The normalized spacial score (nSPS) is 15.5. The third-order valence-electron chi connectivity index (χ3n) is 4.89. The lowest BCUT2D eigenvalue weighted by molar-refractivity contribution is -0.137. The van der Waals surface area contributed by atoms with E-state index in [4.69, 9.17) is 16.1 Å². The molecule has 1 aromatic carbocycles. The van der Waals surface area contributed by atoms with E-state index in [2.05, 4.69) is 24.9 Å². The van der Waals surface area contributed by atoms with Crippen molar-refractivity contribution in [3.63, 3.8) is 0 Å². The van der Waals surface area contributed by atoms with Crippen molar-refractivity contribution in [2.75, 3.05) is 31.1 Å². The van der Waals surface area contributed by atoms with E-state index < -0.39 is 11.7 Å². The van der Waals surface area contributed by atoms with Gasteiger partial charge >= 0.3 is 6.18 Å². The molecule has 0 bridgehead atoms. The summed E-state index contributed by atoms with van der Waals surface area (Å²) in [6.07, 6.45) is -2.56. The van der Waals surface area contributed by atoms with E-state index in [1.54, 1.807) is 12.3 Å². The first-order chi connectivity index (χ1) is 14.4. The molecule has 1 saturated heterocycles. The van der Waals surface area contributed by atoms with Crippen LogP contribution < -0.4 is 4.90 Å². The number of hydrogen-bond acceptors (Lipinski definition) is 6. The fraction of sp³-hybridized carbons (Fsp3) is 0.350. The molecule has 30 heavy (non-hydrogen) atoms. The van der Waals surface area contributed by atoms with Crippen LogP contribution in [0, 0.1) is 0 Å². The average Bonchev–Trinajstić information content (AvgIpc) is 3.15. The second kappa shape index (κ2) is 8.61. The molecular weight excluding hydrogens is 419 g/mol. The van der Waals surface area contributed by atoms with Crippen molar-refractivity contribution in [1.29, 1.82) is 0 Å². The third kappa shape index (κ3) is 5.09. The van der Waals surface area contributed by atoms with Gasteiger partial charge in [-0.05, 0) is 23.8 Å². The Morgan fingerprint density at radius 1 is 1.07 bits per heavy atom. The van der Waals surface area contributed by atoms with Crippen molar-refractivity contribution in [2.24, 2.45) is 0 Å². The highest BCUT2D eigenvalue weighted by Gasteiger charge is 2.30. The monoisotopic (exact) mass is 437 g/mol. The summed E-state index contributed by atoms with van der Waals surface area (Å²) in [5, 5.41) is 4.52. The van der Waals surface area contributed by atoms with E-state index in [0.29, 0.717) is 28.8 Å². The molecule has 10 heteroatoms. The fourth-order valence-corrected chi connectivity index (χ4v) is 3.46. The Balaban J connectivity index is 1.32. The summed E-state index contributed by atoms with van der Waals surface area (Å²) in [4.78, 5) is 13.0. The molecule has 3 aromatic rings. The van der Waals surface area contributed by atoms with Crippen LogP contribution in [0.4, 0.5) is 19.0 Å². The molecule has 0 aliphatic carbocycles. The largest absolute Gasteiger partial charge is 0.416 e. The van der Waals surface area contributed by atoms with Crippen LogP contribution >= 0.6 is 11.6 Å². The van der Waals surface area contributed by atoms with Gasteiger partial charge in [0.25, 0.3) is 0 Å². The number of hydrogen-bond donors (Lipinski definition) is 0. The molecule has 6 nitrogen and oxygen atoms in total. The summed E-state index contributed by atoms with van der Waals surface area (Å²) in [5.41, 5.74) is -0.196. The molecule has 0 spiro atoms. The lowest BCUT2D eigenvalue weighted by atomic mass is 10.1. The summed E-state index contributed by atoms with van der Waals surface area (Å²) < 4.78 is 43.9. The van der Waals surface area contributed by atoms with Gasteiger partial charge < -0.3 is 9.42 Å². The second-order valence-electron chi connectivity index (χ2n) is 7.08. The Morgan fingerprint density at radius 2 is 1.87 bits per heavy atom. The van der Waals surface area contributed by atoms with E-state index in [1.165, 1.54) is 6.07 Å². The van der Waals surface area contributed by atoms with Crippen LogP contribution in [0.3, 0.4) is 0 Å². The maximum Gasteiger partial charge on any atom is 0.416 e. The van der Waals surface area contributed by atoms with E-state index in [1.807, 2.05) is 12.1 Å². The molecular formula is C20H19ClF3N5O. The Labute approximate surface area is 176 Å². The van der Waals surface area contributed by atoms with Crippen LogP contribution in [-0.4, -0.2) is 46.2 Å². The smallest absolute Gasteiger partial charge is 0.354 e. The van der Waals surface area contributed by atoms with Crippen molar-refractivity contribution >= 4 is 17.4 Å². The van der Waals surface area contributed by atoms with Gasteiger partial charge in [0.1, 0.15) is 5.82 Å². The number of anilines is 1. The Hall–Kier alpha value is -2.65. The number of benzene rings is 1. The van der Waals surface area contributed by atoms with Crippen LogP contribution in [0.25, 0.3) is 0 Å². The minimum Gasteiger partial charge on any atom is -0.354 e. The number of piperazine rings is 1. The summed E-state index contributed by atoms with van der Waals surface area (Å²) in [7, 11) is 0. The second-order valence-corrected chi connectivity index (χ2v) is 7.51. The van der Waals surface area contributed by atoms with Crippen molar-refractivity contribution in [2.45, 2.75) is 19.1 Å². The minimum atomic E-state index is -4.37. The highest BCUT2D eigenvalue weighted by Crippen LogP contribution is 2.29. The molecule has 1 aliphatic heterocycles. The van der Waals surface area contributed by atoms with Gasteiger partial charge in [0, 0.05) is 38.8 Å². The average molecular weight is 438 g/mol. The highest BCUT2D eigenvalue weighted by atomic mass is 35.5. The number of pyridine rings is 1. The molecule has 0 atom stereocenters. The Bertz CT molecular complexity index is 985. The Kier molecular flexibility index (Phi) is 5.92. The van der Waals surface area contributed by atoms with E-state index >= 15 is 0 Å². The van der Waals surface area contributed by atoms with Crippen LogP contribution in [0.5, 0.6) is 0 Å². The van der Waals surface area contributed by atoms with Gasteiger partial charge in [0.05, 0.1) is 17.1 Å². The minimum absolute atomic E-state index is 0.184. The lowest BCUT2D eigenvalue weighted by Gasteiger charge is -2.34. The molecule has 2 aromatic heterocycles. The molecule has 4 rings (SSSR count). The van der Waals surface area contributed by atoms with Crippen LogP contribution in [0.2, 0.25) is 5.02 Å². The summed E-state index contributed by atoms with van der Waals surface area (Å²) in [6.45, 7) is 3.71. The van der Waals surface area contributed by atoms with E-state index in [9.17, 15) is 13.2 Å². The van der Waals surface area contributed by atoms with Crippen LogP contribution in [0.1, 0.15) is 22.8 Å². The van der Waals surface area contributed by atoms with Crippen molar-refractivity contribution in [1.82, 2.24) is 20.0 Å². The summed E-state index contributed by atoms with van der Waals surface area (Å²) >= 11 is 5.88. The number of nitrogens with zero attached hydrogens (tertiary/aromatic N) is 5. The van der Waals surface area contributed by atoms with Crippen molar-refractivity contribution < 1.29 is 17.7 Å². The van der Waals surface area contributed by atoms with Gasteiger partial charge in [0.2, 0.25) is 5.89 Å². The van der Waals surface area contributed by atoms with Crippen molar-refractivity contribution in [3.05, 3.63) is 70.5 Å². The van der Waals surface area contributed by atoms with Crippen molar-refractivity contribution in [3.8, 4) is 0 Å². The zero-order valence-corrected chi connectivity index (χ0v) is 16.7. The molecule has 0 saturated carbocycles. The molecule has 1 aliphatic rings. The quantitative estimate of drug-likeness (QED) is 0.600. The van der Waals surface area contributed by atoms with Gasteiger partial charge in [-0.2, -0.15) is 18.2 Å². The number of rotatable bonds is 5. The summed E-state index contributed by atoms with van der Waals surface area (Å²) in [5.74, 6) is 1.71. The number of aromatic nitrogens is 3. The van der Waals surface area contributed by atoms with E-state index in [-0.39, 0.29) is 6.42 Å². The molecule has 0 N–H and O–H groups in total. The number of alkyl halides is 3.